The Hall–Kier alpha value is -2.30. The topological polar surface area (TPSA) is 101 Å². The monoisotopic (exact) mass is 330 g/mol. The van der Waals surface area contributed by atoms with Gasteiger partial charge in [-0.2, -0.15) is 0 Å². The van der Waals surface area contributed by atoms with Crippen molar-refractivity contribution >= 4 is 40.8 Å². The maximum Gasteiger partial charge on any atom is 0.323 e. The predicted molar refractivity (Wildman–Crippen MR) is 75.5 cm³/mol. The first-order valence-corrected chi connectivity index (χ1v) is 6.11. The number of nitro groups is 1. The van der Waals surface area contributed by atoms with Crippen molar-refractivity contribution in [2.45, 2.75) is 0 Å². The molecule has 0 aliphatic heterocycles. The van der Waals surface area contributed by atoms with E-state index in [-0.39, 0.29) is 22.2 Å². The van der Waals surface area contributed by atoms with Gasteiger partial charge in [0, 0.05) is 11.6 Å². The molecule has 0 atom stereocenters. The molecule has 110 valence electrons. The summed E-state index contributed by atoms with van der Waals surface area (Å²) in [6, 6.07) is 2.03. The Bertz CT molecular complexity index is 654. The molecule has 7 nitrogen and oxygen atoms in total. The third-order valence-corrected chi connectivity index (χ3v) is 3.14. The maximum atomic E-state index is 12.2. The molecule has 0 fully saturated rings. The van der Waals surface area contributed by atoms with Gasteiger partial charge < -0.3 is 10.0 Å². The highest BCUT2D eigenvalue weighted by molar-refractivity contribution is 6.43. The summed E-state index contributed by atoms with van der Waals surface area (Å²) in [6.07, 6.45) is 5.06. The third kappa shape index (κ3) is 4.08. The summed E-state index contributed by atoms with van der Waals surface area (Å²) >= 11 is 11.4. The fraction of sp³-hybridized carbons (Fsp3) is 0.167. The normalized spacial score (nSPS) is 9.76. The van der Waals surface area contributed by atoms with Crippen molar-refractivity contribution in [3.8, 4) is 12.3 Å². The summed E-state index contributed by atoms with van der Waals surface area (Å²) in [7, 11) is 0. The number of carboxylic acid groups (broad SMARTS) is 1. The van der Waals surface area contributed by atoms with E-state index in [0.717, 1.165) is 17.0 Å². The smallest absolute Gasteiger partial charge is 0.323 e. The number of terminal acetylenes is 1. The van der Waals surface area contributed by atoms with E-state index < -0.39 is 29.0 Å². The van der Waals surface area contributed by atoms with Gasteiger partial charge in [-0.05, 0) is 6.07 Å². The maximum absolute atomic E-state index is 12.2. The van der Waals surface area contributed by atoms with Gasteiger partial charge >= 0.3 is 5.97 Å². The molecule has 0 aromatic heterocycles. The van der Waals surface area contributed by atoms with Gasteiger partial charge in [0.25, 0.3) is 11.6 Å². The van der Waals surface area contributed by atoms with Crippen LogP contribution >= 0.6 is 23.2 Å². The van der Waals surface area contributed by atoms with E-state index >= 15 is 0 Å². The van der Waals surface area contributed by atoms with Crippen LogP contribution in [0.4, 0.5) is 5.69 Å². The molecular weight excluding hydrogens is 323 g/mol. The molecule has 1 N–H and O–H groups in total. The van der Waals surface area contributed by atoms with Crippen LogP contribution in [-0.2, 0) is 4.79 Å². The van der Waals surface area contributed by atoms with E-state index in [1.807, 2.05) is 0 Å². The number of nitro benzene ring substituents is 1. The number of rotatable bonds is 5. The number of hydrogen-bond acceptors (Lipinski definition) is 4. The summed E-state index contributed by atoms with van der Waals surface area (Å²) in [4.78, 5) is 33.7. The fourth-order valence-corrected chi connectivity index (χ4v) is 1.88. The Morgan fingerprint density at radius 3 is 2.52 bits per heavy atom. The lowest BCUT2D eigenvalue weighted by molar-refractivity contribution is -0.384. The number of carbonyl (C=O) groups is 2. The van der Waals surface area contributed by atoms with Crippen LogP contribution < -0.4 is 0 Å². The molecule has 0 spiro atoms. The van der Waals surface area contributed by atoms with Crippen LogP contribution in [0.2, 0.25) is 10.0 Å². The predicted octanol–water partition coefficient (Wildman–Crippen LogP) is 2.06. The lowest BCUT2D eigenvalue weighted by Gasteiger charge is -2.18. The first kappa shape index (κ1) is 16.8. The lowest BCUT2D eigenvalue weighted by atomic mass is 10.1. The second-order valence-electron chi connectivity index (χ2n) is 3.81. The second kappa shape index (κ2) is 6.92. The summed E-state index contributed by atoms with van der Waals surface area (Å²) in [6.45, 7) is -0.906. The molecule has 0 saturated carbocycles. The van der Waals surface area contributed by atoms with Crippen LogP contribution in [0.1, 0.15) is 10.4 Å². The zero-order chi connectivity index (χ0) is 16.2. The quantitative estimate of drug-likeness (QED) is 0.506. The minimum Gasteiger partial charge on any atom is -0.480 e. The van der Waals surface area contributed by atoms with Crippen molar-refractivity contribution in [2.24, 2.45) is 0 Å². The number of carboxylic acids is 1. The number of aliphatic carboxylic acids is 1. The molecule has 1 amide bonds. The molecule has 1 aromatic rings. The van der Waals surface area contributed by atoms with Crippen molar-refractivity contribution < 1.29 is 19.6 Å². The highest BCUT2D eigenvalue weighted by Gasteiger charge is 2.24. The standard InChI is InChI=1S/C12H8Cl2N2O5/c1-2-3-15(6-10(17)18)12(19)7-4-8(13)11(14)9(5-7)16(20)21/h1,4-5H,3,6H2,(H,17,18). The largest absolute Gasteiger partial charge is 0.480 e. The highest BCUT2D eigenvalue weighted by atomic mass is 35.5. The molecule has 9 heteroatoms. The van der Waals surface area contributed by atoms with Crippen molar-refractivity contribution in [3.05, 3.63) is 37.9 Å². The van der Waals surface area contributed by atoms with E-state index in [9.17, 15) is 19.7 Å². The van der Waals surface area contributed by atoms with E-state index in [4.69, 9.17) is 34.7 Å². The zero-order valence-corrected chi connectivity index (χ0v) is 11.9. The van der Waals surface area contributed by atoms with Gasteiger partial charge in [-0.25, -0.2) is 0 Å². The van der Waals surface area contributed by atoms with Crippen LogP contribution in [0.25, 0.3) is 0 Å². The molecule has 0 bridgehead atoms. The average Bonchev–Trinajstić information content (AvgIpc) is 2.39. The van der Waals surface area contributed by atoms with Gasteiger partial charge in [0.05, 0.1) is 16.5 Å². The Morgan fingerprint density at radius 1 is 1.43 bits per heavy atom. The molecule has 0 radical (unpaired) electrons. The van der Waals surface area contributed by atoms with Gasteiger partial charge in [-0.3, -0.25) is 19.7 Å². The Balaban J connectivity index is 3.25. The highest BCUT2D eigenvalue weighted by Crippen LogP contribution is 2.33. The Labute approximate surface area is 129 Å². The van der Waals surface area contributed by atoms with Gasteiger partial charge in [-0.15, -0.1) is 6.42 Å². The summed E-state index contributed by atoms with van der Waals surface area (Å²) in [5, 5.41) is 19.1. The minimum absolute atomic E-state index is 0.174. The number of benzene rings is 1. The number of nitrogens with zero attached hydrogens (tertiary/aromatic N) is 2. The zero-order valence-electron chi connectivity index (χ0n) is 10.4. The molecule has 0 aliphatic rings. The van der Waals surface area contributed by atoms with Crippen molar-refractivity contribution in [2.75, 3.05) is 13.1 Å². The first-order valence-electron chi connectivity index (χ1n) is 5.36. The number of carbonyl (C=O) groups excluding carboxylic acids is 1. The second-order valence-corrected chi connectivity index (χ2v) is 4.59. The van der Waals surface area contributed by atoms with E-state index in [1.165, 1.54) is 0 Å². The molecule has 1 aromatic carbocycles. The summed E-state index contributed by atoms with van der Waals surface area (Å²) in [5.74, 6) is 0.0714. The molecule has 0 unspecified atom stereocenters. The van der Waals surface area contributed by atoms with Crippen LogP contribution in [0.15, 0.2) is 12.1 Å². The molecule has 0 saturated heterocycles. The van der Waals surface area contributed by atoms with E-state index in [1.54, 1.807) is 0 Å². The molecular formula is C12H8Cl2N2O5. The molecule has 21 heavy (non-hydrogen) atoms. The van der Waals surface area contributed by atoms with Crippen LogP contribution in [-0.4, -0.2) is 39.9 Å². The SMILES string of the molecule is C#CCN(CC(=O)O)C(=O)c1cc(Cl)c(Cl)c([N+](=O)[O-])c1. The molecule has 0 heterocycles. The third-order valence-electron chi connectivity index (χ3n) is 2.35. The van der Waals surface area contributed by atoms with Crippen molar-refractivity contribution in [1.82, 2.24) is 4.90 Å². The fourth-order valence-electron chi connectivity index (χ4n) is 1.49. The van der Waals surface area contributed by atoms with Gasteiger partial charge in [0.15, 0.2) is 0 Å². The molecule has 0 aliphatic carbocycles. The summed E-state index contributed by atoms with van der Waals surface area (Å²) < 4.78 is 0. The molecule has 1 rings (SSSR count). The average molecular weight is 331 g/mol. The Kier molecular flexibility index (Phi) is 5.52. The van der Waals surface area contributed by atoms with Crippen LogP contribution in [0.5, 0.6) is 0 Å². The van der Waals surface area contributed by atoms with Crippen molar-refractivity contribution in [3.63, 3.8) is 0 Å². The minimum atomic E-state index is -1.27. The van der Waals surface area contributed by atoms with Crippen molar-refractivity contribution in [1.29, 1.82) is 0 Å². The van der Waals surface area contributed by atoms with Gasteiger partial charge in [0.2, 0.25) is 0 Å². The van der Waals surface area contributed by atoms with Gasteiger partial charge in [-0.1, -0.05) is 29.1 Å². The number of hydrogen-bond donors (Lipinski definition) is 1. The summed E-state index contributed by atoms with van der Waals surface area (Å²) in [5.41, 5.74) is -0.726. The van der Waals surface area contributed by atoms with Crippen LogP contribution in [0, 0.1) is 22.5 Å². The van der Waals surface area contributed by atoms with E-state index in [2.05, 4.69) is 5.92 Å². The first-order chi connectivity index (χ1) is 9.77. The van der Waals surface area contributed by atoms with E-state index in [0.29, 0.717) is 0 Å². The number of amides is 1. The lowest BCUT2D eigenvalue weighted by Crippen LogP contribution is -2.36. The Morgan fingerprint density at radius 2 is 2.05 bits per heavy atom. The van der Waals surface area contributed by atoms with Crippen LogP contribution in [0.3, 0.4) is 0 Å². The van der Waals surface area contributed by atoms with Gasteiger partial charge in [0.1, 0.15) is 11.6 Å². The number of halogens is 2.